The van der Waals surface area contributed by atoms with Crippen LogP contribution in [0.5, 0.6) is 0 Å². The van der Waals surface area contributed by atoms with Crippen molar-refractivity contribution in [1.82, 2.24) is 4.90 Å². The van der Waals surface area contributed by atoms with Gasteiger partial charge in [-0.05, 0) is 43.9 Å². The molecule has 1 saturated carbocycles. The summed E-state index contributed by atoms with van der Waals surface area (Å²) in [6, 6.07) is 0.273. The van der Waals surface area contributed by atoms with Crippen molar-refractivity contribution in [2.24, 2.45) is 23.5 Å². The van der Waals surface area contributed by atoms with Gasteiger partial charge in [-0.2, -0.15) is 0 Å². The molecule has 0 aromatic heterocycles. The van der Waals surface area contributed by atoms with E-state index in [9.17, 15) is 4.79 Å². The number of carbonyl (C=O) groups is 1. The molecule has 1 saturated heterocycles. The Balaban J connectivity index is 1.85. The number of carbonyl (C=O) groups excluding carboxylic acids is 1. The molecule has 0 aromatic rings. The molecule has 18 heavy (non-hydrogen) atoms. The lowest BCUT2D eigenvalue weighted by Gasteiger charge is -2.33. The zero-order chi connectivity index (χ0) is 13.1. The Morgan fingerprint density at radius 2 is 2.17 bits per heavy atom. The maximum atomic E-state index is 12.4. The second kappa shape index (κ2) is 6.02. The second-order valence-corrected chi connectivity index (χ2v) is 6.10. The molecule has 1 amide bonds. The summed E-state index contributed by atoms with van der Waals surface area (Å²) < 4.78 is 0. The third-order valence-corrected chi connectivity index (χ3v) is 4.72. The molecular formula is C14H26N2O2. The van der Waals surface area contributed by atoms with E-state index in [-0.39, 0.29) is 18.6 Å². The smallest absolute Gasteiger partial charge is 0.225 e. The third-order valence-electron chi connectivity index (χ3n) is 4.72. The Morgan fingerprint density at radius 3 is 2.83 bits per heavy atom. The highest BCUT2D eigenvalue weighted by atomic mass is 16.3. The predicted molar refractivity (Wildman–Crippen MR) is 70.9 cm³/mol. The molecule has 1 aliphatic carbocycles. The van der Waals surface area contributed by atoms with E-state index >= 15 is 0 Å². The predicted octanol–water partition coefficient (Wildman–Crippen LogP) is 0.981. The monoisotopic (exact) mass is 254 g/mol. The van der Waals surface area contributed by atoms with E-state index in [4.69, 9.17) is 10.8 Å². The molecule has 4 unspecified atom stereocenters. The molecule has 0 bridgehead atoms. The lowest BCUT2D eigenvalue weighted by atomic mass is 9.79. The van der Waals surface area contributed by atoms with Gasteiger partial charge in [0.05, 0.1) is 0 Å². The first kappa shape index (κ1) is 13.8. The van der Waals surface area contributed by atoms with Gasteiger partial charge in [-0.1, -0.05) is 6.92 Å². The number of rotatable bonds is 3. The van der Waals surface area contributed by atoms with Crippen LogP contribution >= 0.6 is 0 Å². The Bertz CT molecular complexity index is 296. The van der Waals surface area contributed by atoms with Crippen molar-refractivity contribution in [3.05, 3.63) is 0 Å². The van der Waals surface area contributed by atoms with Gasteiger partial charge >= 0.3 is 0 Å². The minimum Gasteiger partial charge on any atom is -0.396 e. The van der Waals surface area contributed by atoms with Crippen LogP contribution in [0.15, 0.2) is 0 Å². The number of nitrogens with two attached hydrogens (primary N) is 1. The van der Waals surface area contributed by atoms with Crippen molar-refractivity contribution in [1.29, 1.82) is 0 Å². The van der Waals surface area contributed by atoms with Crippen molar-refractivity contribution in [3.63, 3.8) is 0 Å². The van der Waals surface area contributed by atoms with Crippen molar-refractivity contribution < 1.29 is 9.90 Å². The number of aliphatic hydroxyl groups excluding tert-OH is 1. The number of nitrogens with zero attached hydrogens (tertiary/aromatic N) is 1. The van der Waals surface area contributed by atoms with Gasteiger partial charge in [0.15, 0.2) is 0 Å². The number of amides is 1. The molecule has 0 radical (unpaired) electrons. The summed E-state index contributed by atoms with van der Waals surface area (Å²) in [7, 11) is 0. The zero-order valence-corrected chi connectivity index (χ0v) is 11.3. The summed E-state index contributed by atoms with van der Waals surface area (Å²) in [5.41, 5.74) is 6.00. The van der Waals surface area contributed by atoms with Gasteiger partial charge in [-0.3, -0.25) is 4.79 Å². The first-order chi connectivity index (χ1) is 8.61. The van der Waals surface area contributed by atoms with Gasteiger partial charge in [-0.25, -0.2) is 0 Å². The van der Waals surface area contributed by atoms with Crippen molar-refractivity contribution in [3.8, 4) is 0 Å². The maximum absolute atomic E-state index is 12.4. The largest absolute Gasteiger partial charge is 0.396 e. The van der Waals surface area contributed by atoms with Crippen LogP contribution in [0.2, 0.25) is 0 Å². The number of likely N-dealkylation sites (tertiary alicyclic amines) is 1. The molecule has 1 heterocycles. The first-order valence-electron chi connectivity index (χ1n) is 7.27. The first-order valence-corrected chi connectivity index (χ1v) is 7.27. The van der Waals surface area contributed by atoms with Gasteiger partial charge in [0, 0.05) is 31.7 Å². The summed E-state index contributed by atoms with van der Waals surface area (Å²) in [5.74, 6) is 1.48. The Kier molecular flexibility index (Phi) is 4.62. The lowest BCUT2D eigenvalue weighted by molar-refractivity contribution is -0.136. The van der Waals surface area contributed by atoms with Gasteiger partial charge in [0.2, 0.25) is 5.91 Å². The van der Waals surface area contributed by atoms with Crippen LogP contribution in [0.25, 0.3) is 0 Å². The average molecular weight is 254 g/mol. The van der Waals surface area contributed by atoms with Crippen molar-refractivity contribution >= 4 is 5.91 Å². The molecule has 0 aromatic carbocycles. The Hall–Kier alpha value is -0.610. The topological polar surface area (TPSA) is 66.6 Å². The van der Waals surface area contributed by atoms with E-state index < -0.39 is 0 Å². The number of hydrogen-bond acceptors (Lipinski definition) is 3. The molecule has 2 aliphatic rings. The average Bonchev–Trinajstić information content (AvgIpc) is 2.81. The maximum Gasteiger partial charge on any atom is 0.225 e. The van der Waals surface area contributed by atoms with Crippen LogP contribution in [-0.4, -0.2) is 41.7 Å². The minimum atomic E-state index is 0.188. The van der Waals surface area contributed by atoms with Crippen molar-refractivity contribution in [2.75, 3.05) is 19.7 Å². The fourth-order valence-electron chi connectivity index (χ4n) is 3.35. The summed E-state index contributed by atoms with van der Waals surface area (Å²) >= 11 is 0. The summed E-state index contributed by atoms with van der Waals surface area (Å²) in [4.78, 5) is 14.4. The molecule has 4 atom stereocenters. The van der Waals surface area contributed by atoms with Crippen LogP contribution < -0.4 is 5.73 Å². The number of hydrogen-bond donors (Lipinski definition) is 2. The molecular weight excluding hydrogens is 228 g/mol. The van der Waals surface area contributed by atoms with E-state index in [1.165, 1.54) is 0 Å². The minimum absolute atomic E-state index is 0.188. The fraction of sp³-hybridized carbons (Fsp3) is 0.929. The number of aliphatic hydroxyl groups is 1. The molecule has 0 spiro atoms. The van der Waals surface area contributed by atoms with Gasteiger partial charge in [0.25, 0.3) is 0 Å². The molecule has 2 fully saturated rings. The highest BCUT2D eigenvalue weighted by molar-refractivity contribution is 5.79. The molecule has 4 heteroatoms. The second-order valence-electron chi connectivity index (χ2n) is 6.10. The van der Waals surface area contributed by atoms with Crippen LogP contribution in [0.3, 0.4) is 0 Å². The van der Waals surface area contributed by atoms with Crippen LogP contribution in [0, 0.1) is 17.8 Å². The summed E-state index contributed by atoms with van der Waals surface area (Å²) in [5, 5.41) is 8.95. The summed E-state index contributed by atoms with van der Waals surface area (Å²) in [6.07, 6.45) is 4.75. The van der Waals surface area contributed by atoms with E-state index in [1.807, 2.05) is 4.90 Å². The third kappa shape index (κ3) is 3.04. The standard InChI is InChI=1S/C14H26N2O2/c1-10-8-12(2-3-13(10)15)14(18)16-6-4-11(9-16)5-7-17/h10-13,17H,2-9,15H2,1H3. The molecule has 1 aliphatic heterocycles. The normalized spacial score (nSPS) is 36.9. The molecule has 2 rings (SSSR count). The van der Waals surface area contributed by atoms with Gasteiger partial charge in [-0.15, -0.1) is 0 Å². The van der Waals surface area contributed by atoms with Gasteiger partial charge in [0.1, 0.15) is 0 Å². The lowest BCUT2D eigenvalue weighted by Crippen LogP contribution is -2.41. The van der Waals surface area contributed by atoms with Crippen molar-refractivity contribution in [2.45, 2.75) is 45.1 Å². The molecule has 104 valence electrons. The van der Waals surface area contributed by atoms with E-state index in [0.717, 1.165) is 45.2 Å². The van der Waals surface area contributed by atoms with E-state index in [1.54, 1.807) is 0 Å². The highest BCUT2D eigenvalue weighted by Crippen LogP contribution is 2.31. The van der Waals surface area contributed by atoms with Crippen LogP contribution in [0.4, 0.5) is 0 Å². The quantitative estimate of drug-likeness (QED) is 0.789. The van der Waals surface area contributed by atoms with Crippen LogP contribution in [-0.2, 0) is 4.79 Å². The SMILES string of the molecule is CC1CC(C(=O)N2CCC(CCO)C2)CCC1N. The van der Waals surface area contributed by atoms with Crippen LogP contribution in [0.1, 0.15) is 39.0 Å². The molecule has 3 N–H and O–H groups in total. The van der Waals surface area contributed by atoms with E-state index in [2.05, 4.69) is 6.92 Å². The highest BCUT2D eigenvalue weighted by Gasteiger charge is 2.34. The Morgan fingerprint density at radius 1 is 1.39 bits per heavy atom. The van der Waals surface area contributed by atoms with Gasteiger partial charge < -0.3 is 15.7 Å². The fourth-order valence-corrected chi connectivity index (χ4v) is 3.35. The van der Waals surface area contributed by atoms with E-state index in [0.29, 0.717) is 17.7 Å². The molecule has 4 nitrogen and oxygen atoms in total. The zero-order valence-electron chi connectivity index (χ0n) is 11.3. The summed E-state index contributed by atoms with van der Waals surface area (Å²) in [6.45, 7) is 4.11. The Labute approximate surface area is 110 Å².